The molecule has 3 aliphatic carbocycles. The van der Waals surface area contributed by atoms with E-state index in [9.17, 15) is 15.3 Å². The molecule has 29 heavy (non-hydrogen) atoms. The molecular formula is C25H40O4. The molecule has 4 nitrogen and oxygen atoms in total. The average Bonchev–Trinajstić information content (AvgIpc) is 2.64. The molecule has 3 N–H and O–H groups in total. The van der Waals surface area contributed by atoms with Gasteiger partial charge in [-0.2, -0.15) is 0 Å². The lowest BCUT2D eigenvalue weighted by molar-refractivity contribution is -0.0341. The van der Waals surface area contributed by atoms with Gasteiger partial charge in [0.15, 0.2) is 0 Å². The number of ether oxygens (including phenoxy) is 1. The molecule has 0 radical (unpaired) electrons. The van der Waals surface area contributed by atoms with Gasteiger partial charge < -0.3 is 20.1 Å². The Morgan fingerprint density at radius 3 is 2.59 bits per heavy atom. The second kappa shape index (κ2) is 9.47. The summed E-state index contributed by atoms with van der Waals surface area (Å²) in [5, 5.41) is 29.8. The van der Waals surface area contributed by atoms with Crippen LogP contribution in [0.1, 0.15) is 84.5 Å². The van der Waals surface area contributed by atoms with Gasteiger partial charge in [0.2, 0.25) is 0 Å². The van der Waals surface area contributed by atoms with Crippen molar-refractivity contribution < 1.29 is 20.1 Å². The van der Waals surface area contributed by atoms with Crippen molar-refractivity contribution in [1.82, 2.24) is 0 Å². The summed E-state index contributed by atoms with van der Waals surface area (Å²) >= 11 is 0. The predicted molar refractivity (Wildman–Crippen MR) is 117 cm³/mol. The Hall–Kier alpha value is -0.940. The van der Waals surface area contributed by atoms with Crippen molar-refractivity contribution in [3.05, 3.63) is 35.5 Å². The second-order valence-corrected chi connectivity index (χ2v) is 10.3. The van der Waals surface area contributed by atoms with Gasteiger partial charge in [-0.3, -0.25) is 0 Å². The van der Waals surface area contributed by atoms with Crippen molar-refractivity contribution in [3.8, 4) is 0 Å². The van der Waals surface area contributed by atoms with Gasteiger partial charge in [-0.05, 0) is 94.6 Å². The molecule has 0 amide bonds. The van der Waals surface area contributed by atoms with E-state index < -0.39 is 17.8 Å². The third kappa shape index (κ3) is 6.52. The topological polar surface area (TPSA) is 69.9 Å². The molecule has 3 rings (SSSR count). The zero-order valence-corrected chi connectivity index (χ0v) is 18.3. The van der Waals surface area contributed by atoms with Crippen LogP contribution in [-0.2, 0) is 4.74 Å². The molecule has 3 fully saturated rings. The third-order valence-corrected chi connectivity index (χ3v) is 7.15. The van der Waals surface area contributed by atoms with Crippen molar-refractivity contribution in [3.63, 3.8) is 0 Å². The van der Waals surface area contributed by atoms with E-state index in [0.29, 0.717) is 37.4 Å². The van der Waals surface area contributed by atoms with Crippen LogP contribution in [-0.4, -0.2) is 45.8 Å². The van der Waals surface area contributed by atoms with Crippen LogP contribution in [0.2, 0.25) is 0 Å². The zero-order valence-electron chi connectivity index (χ0n) is 18.3. The molecule has 164 valence electrons. The highest BCUT2D eigenvalue weighted by molar-refractivity contribution is 5.38. The summed E-state index contributed by atoms with van der Waals surface area (Å²) in [6, 6.07) is 0. The normalized spacial score (nSPS) is 36.9. The summed E-state index contributed by atoms with van der Waals surface area (Å²) in [6.45, 7) is 8.33. The van der Waals surface area contributed by atoms with Crippen LogP contribution in [0.5, 0.6) is 0 Å². The Bertz CT molecular complexity index is 632. The number of allylic oxidation sites excluding steroid dienone is 3. The molecule has 2 atom stereocenters. The third-order valence-electron chi connectivity index (χ3n) is 7.15. The molecule has 4 heteroatoms. The van der Waals surface area contributed by atoms with Gasteiger partial charge >= 0.3 is 0 Å². The highest BCUT2D eigenvalue weighted by Gasteiger charge is 2.38. The second-order valence-electron chi connectivity index (χ2n) is 10.3. The van der Waals surface area contributed by atoms with Crippen LogP contribution in [0.3, 0.4) is 0 Å². The van der Waals surface area contributed by atoms with Crippen LogP contribution in [0, 0.1) is 5.41 Å². The molecule has 0 bridgehead atoms. The first kappa shape index (κ1) is 22.7. The highest BCUT2D eigenvalue weighted by atomic mass is 16.5. The van der Waals surface area contributed by atoms with Gasteiger partial charge in [0.1, 0.15) is 0 Å². The number of hydrogen-bond donors (Lipinski definition) is 3. The van der Waals surface area contributed by atoms with Gasteiger partial charge in [0, 0.05) is 13.0 Å². The fourth-order valence-corrected chi connectivity index (χ4v) is 5.24. The van der Waals surface area contributed by atoms with Gasteiger partial charge in [0.25, 0.3) is 0 Å². The van der Waals surface area contributed by atoms with Crippen molar-refractivity contribution in [2.45, 2.75) is 108 Å². The highest BCUT2D eigenvalue weighted by Crippen LogP contribution is 2.49. The lowest BCUT2D eigenvalue weighted by atomic mass is 9.63. The van der Waals surface area contributed by atoms with Gasteiger partial charge in [-0.25, -0.2) is 0 Å². The molecule has 0 aromatic carbocycles. The minimum Gasteiger partial charge on any atom is -0.393 e. The summed E-state index contributed by atoms with van der Waals surface area (Å²) in [7, 11) is 0. The van der Waals surface area contributed by atoms with E-state index in [1.165, 1.54) is 31.3 Å². The SMILES string of the molecule is C=C1/C(=C\C=C2\CCCC3(CCC(OCCC(C)(C)O)CC3)C2)C[C@@H](O)C[C@@H]1O. The molecule has 0 aromatic rings. The first-order valence-corrected chi connectivity index (χ1v) is 11.4. The minimum absolute atomic E-state index is 0.341. The van der Waals surface area contributed by atoms with Gasteiger partial charge in [0.05, 0.1) is 23.9 Å². The van der Waals surface area contributed by atoms with Crippen molar-refractivity contribution in [2.75, 3.05) is 6.61 Å². The van der Waals surface area contributed by atoms with E-state index in [4.69, 9.17) is 4.74 Å². The summed E-state index contributed by atoms with van der Waals surface area (Å²) in [5.41, 5.74) is 3.02. The van der Waals surface area contributed by atoms with E-state index >= 15 is 0 Å². The maximum atomic E-state index is 10.0. The smallest absolute Gasteiger partial charge is 0.0811 e. The van der Waals surface area contributed by atoms with Crippen LogP contribution < -0.4 is 0 Å². The number of hydrogen-bond acceptors (Lipinski definition) is 4. The Labute approximate surface area is 176 Å². The van der Waals surface area contributed by atoms with Crippen LogP contribution >= 0.6 is 0 Å². The van der Waals surface area contributed by atoms with Gasteiger partial charge in [-0.15, -0.1) is 0 Å². The predicted octanol–water partition coefficient (Wildman–Crippen LogP) is 4.59. The first-order valence-electron chi connectivity index (χ1n) is 11.4. The molecule has 0 heterocycles. The number of aliphatic hydroxyl groups is 3. The van der Waals surface area contributed by atoms with E-state index in [1.54, 1.807) is 0 Å². The molecule has 0 aliphatic heterocycles. The van der Waals surface area contributed by atoms with E-state index in [-0.39, 0.29) is 0 Å². The van der Waals surface area contributed by atoms with E-state index in [2.05, 4.69) is 18.7 Å². The quantitative estimate of drug-likeness (QED) is 0.627. The summed E-state index contributed by atoms with van der Waals surface area (Å²) in [6.07, 6.45) is 14.8. The maximum absolute atomic E-state index is 10.0. The Morgan fingerprint density at radius 1 is 1.17 bits per heavy atom. The minimum atomic E-state index is -0.650. The Balaban J connectivity index is 1.53. The van der Waals surface area contributed by atoms with Crippen LogP contribution in [0.4, 0.5) is 0 Å². The monoisotopic (exact) mass is 404 g/mol. The fourth-order valence-electron chi connectivity index (χ4n) is 5.24. The molecule has 3 aliphatic rings. The summed E-state index contributed by atoms with van der Waals surface area (Å²) < 4.78 is 6.04. The van der Waals surface area contributed by atoms with Crippen LogP contribution in [0.25, 0.3) is 0 Å². The molecule has 0 saturated heterocycles. The summed E-state index contributed by atoms with van der Waals surface area (Å²) in [4.78, 5) is 0. The fraction of sp³-hybridized carbons (Fsp3) is 0.760. The van der Waals surface area contributed by atoms with E-state index in [0.717, 1.165) is 36.8 Å². The zero-order chi connectivity index (χ0) is 21.1. The Morgan fingerprint density at radius 2 is 1.90 bits per heavy atom. The first-order chi connectivity index (χ1) is 13.7. The van der Waals surface area contributed by atoms with Crippen molar-refractivity contribution in [2.24, 2.45) is 5.41 Å². The number of aliphatic hydroxyl groups excluding tert-OH is 2. The standard InChI is InChI=1S/C25H40O4/c1-18-20(15-21(26)16-23(18)27)7-6-19-5-4-10-25(17-19)11-8-22(9-12-25)29-14-13-24(2,3)28/h6-7,21-23,26-28H,1,4-5,8-17H2,2-3H3/b19-6-,20-7-/t21-,22?,23+,25?/m1/s1. The van der Waals surface area contributed by atoms with Gasteiger partial charge in [-0.1, -0.05) is 24.3 Å². The largest absolute Gasteiger partial charge is 0.393 e. The lowest BCUT2D eigenvalue weighted by Crippen LogP contribution is -2.34. The molecule has 3 saturated carbocycles. The molecular weight excluding hydrogens is 364 g/mol. The van der Waals surface area contributed by atoms with Crippen LogP contribution in [0.15, 0.2) is 35.5 Å². The average molecular weight is 405 g/mol. The summed E-state index contributed by atoms with van der Waals surface area (Å²) in [5.74, 6) is 0. The van der Waals surface area contributed by atoms with Crippen molar-refractivity contribution >= 4 is 0 Å². The molecule has 0 unspecified atom stereocenters. The molecule has 0 aromatic heterocycles. The number of rotatable bonds is 5. The van der Waals surface area contributed by atoms with Crippen molar-refractivity contribution in [1.29, 1.82) is 0 Å². The Kier molecular flexibility index (Phi) is 7.42. The maximum Gasteiger partial charge on any atom is 0.0811 e. The van der Waals surface area contributed by atoms with E-state index in [1.807, 2.05) is 13.8 Å². The molecule has 1 spiro atoms. The lowest BCUT2D eigenvalue weighted by Gasteiger charge is -2.43.